The maximum Gasteiger partial charge on any atom is 0.334 e. The molecule has 0 aliphatic rings. The first-order valence-electron chi connectivity index (χ1n) is 7.08. The molecule has 116 valence electrons. The van der Waals surface area contributed by atoms with Crippen LogP contribution in [0.5, 0.6) is 0 Å². The van der Waals surface area contributed by atoms with Crippen LogP contribution in [0.25, 0.3) is 0 Å². The highest BCUT2D eigenvalue weighted by atomic mass is 28.4. The van der Waals surface area contributed by atoms with Crippen molar-refractivity contribution in [2.75, 3.05) is 13.2 Å². The van der Waals surface area contributed by atoms with Gasteiger partial charge in [-0.15, -0.1) is 0 Å². The van der Waals surface area contributed by atoms with Gasteiger partial charge in [0.15, 0.2) is 0 Å². The standard InChI is InChI=1S/C16H24O4Si/c1-5-19-16(17)11-15(20-21(2,3)4)13-18-12-14-9-7-6-8-10-14/h6-11H,5,12-13H2,1-4H3/b15-11+. The molecule has 4 nitrogen and oxygen atoms in total. The van der Waals surface area contributed by atoms with Gasteiger partial charge in [0.2, 0.25) is 8.32 Å². The zero-order chi connectivity index (χ0) is 15.7. The summed E-state index contributed by atoms with van der Waals surface area (Å²) in [5.74, 6) is 0.137. The molecule has 0 saturated carbocycles. The summed E-state index contributed by atoms with van der Waals surface area (Å²) in [6.45, 7) is 9.04. The third kappa shape index (κ3) is 8.32. The second-order valence-corrected chi connectivity index (χ2v) is 9.98. The molecule has 0 bridgehead atoms. The van der Waals surface area contributed by atoms with Gasteiger partial charge in [0.25, 0.3) is 0 Å². The molecule has 0 heterocycles. The van der Waals surface area contributed by atoms with Gasteiger partial charge in [0.05, 0.1) is 19.3 Å². The van der Waals surface area contributed by atoms with Crippen molar-refractivity contribution in [3.8, 4) is 0 Å². The minimum Gasteiger partial charge on any atom is -0.545 e. The molecule has 5 heteroatoms. The van der Waals surface area contributed by atoms with Gasteiger partial charge in [0.1, 0.15) is 12.4 Å². The van der Waals surface area contributed by atoms with E-state index in [1.165, 1.54) is 6.08 Å². The molecule has 0 aliphatic heterocycles. The number of rotatable bonds is 8. The van der Waals surface area contributed by atoms with Crippen LogP contribution in [-0.2, 0) is 25.3 Å². The average molecular weight is 308 g/mol. The Hall–Kier alpha value is -1.59. The van der Waals surface area contributed by atoms with Crippen LogP contribution in [0.3, 0.4) is 0 Å². The summed E-state index contributed by atoms with van der Waals surface area (Å²) in [4.78, 5) is 11.6. The van der Waals surface area contributed by atoms with E-state index in [1.54, 1.807) is 6.92 Å². The zero-order valence-corrected chi connectivity index (χ0v) is 14.2. The molecule has 1 rings (SSSR count). The Labute approximate surface area is 127 Å². The first-order chi connectivity index (χ1) is 9.90. The number of ether oxygens (including phenoxy) is 2. The minimum absolute atomic E-state index is 0.262. The van der Waals surface area contributed by atoms with Gasteiger partial charge in [-0.05, 0) is 32.1 Å². The Balaban J connectivity index is 2.58. The number of esters is 1. The summed E-state index contributed by atoms with van der Waals surface area (Å²) in [5.41, 5.74) is 1.08. The lowest BCUT2D eigenvalue weighted by atomic mass is 10.2. The van der Waals surface area contributed by atoms with Crippen molar-refractivity contribution in [2.24, 2.45) is 0 Å². The third-order valence-electron chi connectivity index (χ3n) is 2.36. The predicted molar refractivity (Wildman–Crippen MR) is 85.2 cm³/mol. The van der Waals surface area contributed by atoms with Crippen molar-refractivity contribution in [2.45, 2.75) is 33.2 Å². The molecule has 21 heavy (non-hydrogen) atoms. The largest absolute Gasteiger partial charge is 0.545 e. The van der Waals surface area contributed by atoms with E-state index in [4.69, 9.17) is 13.9 Å². The maximum atomic E-state index is 11.6. The Morgan fingerprint density at radius 3 is 2.43 bits per heavy atom. The molecule has 0 unspecified atom stereocenters. The van der Waals surface area contributed by atoms with Gasteiger partial charge in [-0.2, -0.15) is 0 Å². The number of hydrogen-bond donors (Lipinski definition) is 0. The monoisotopic (exact) mass is 308 g/mol. The quantitative estimate of drug-likeness (QED) is 0.319. The van der Waals surface area contributed by atoms with Crippen molar-refractivity contribution in [1.82, 2.24) is 0 Å². The van der Waals surface area contributed by atoms with Crippen LogP contribution in [0.15, 0.2) is 42.2 Å². The van der Waals surface area contributed by atoms with Crippen LogP contribution < -0.4 is 0 Å². The third-order valence-corrected chi connectivity index (χ3v) is 3.23. The highest BCUT2D eigenvalue weighted by molar-refractivity contribution is 6.70. The van der Waals surface area contributed by atoms with Crippen LogP contribution in [0, 0.1) is 0 Å². The van der Waals surface area contributed by atoms with Gasteiger partial charge in [-0.1, -0.05) is 30.3 Å². The summed E-state index contributed by atoms with van der Waals surface area (Å²) >= 11 is 0. The molecule has 1 aromatic carbocycles. The summed E-state index contributed by atoms with van der Waals surface area (Å²) in [7, 11) is -1.80. The van der Waals surface area contributed by atoms with E-state index >= 15 is 0 Å². The fraction of sp³-hybridized carbons (Fsp3) is 0.438. The van der Waals surface area contributed by atoms with Crippen LogP contribution in [0.1, 0.15) is 12.5 Å². The molecular formula is C16H24O4Si. The van der Waals surface area contributed by atoms with E-state index in [0.29, 0.717) is 19.0 Å². The number of hydrogen-bond acceptors (Lipinski definition) is 4. The fourth-order valence-corrected chi connectivity index (χ4v) is 2.56. The molecule has 0 saturated heterocycles. The van der Waals surface area contributed by atoms with Crippen molar-refractivity contribution in [3.05, 3.63) is 47.7 Å². The van der Waals surface area contributed by atoms with Crippen LogP contribution >= 0.6 is 0 Å². The Bertz CT molecular complexity index is 463. The summed E-state index contributed by atoms with van der Waals surface area (Å²) in [6.07, 6.45) is 1.38. The van der Waals surface area contributed by atoms with Crippen molar-refractivity contribution < 1.29 is 18.7 Å². The van der Waals surface area contributed by atoms with Gasteiger partial charge in [-0.25, -0.2) is 4.79 Å². The molecule has 0 fully saturated rings. The fourth-order valence-electron chi connectivity index (χ4n) is 1.65. The molecule has 0 radical (unpaired) electrons. The van der Waals surface area contributed by atoms with Gasteiger partial charge in [-0.3, -0.25) is 0 Å². The first kappa shape index (κ1) is 17.5. The molecule has 0 aromatic heterocycles. The summed E-state index contributed by atoms with van der Waals surface area (Å²) in [6, 6.07) is 9.88. The lowest BCUT2D eigenvalue weighted by molar-refractivity contribution is -0.137. The second kappa shape index (κ2) is 8.64. The topological polar surface area (TPSA) is 44.8 Å². The average Bonchev–Trinajstić information content (AvgIpc) is 2.38. The normalized spacial score (nSPS) is 12.1. The lowest BCUT2D eigenvalue weighted by Gasteiger charge is -2.21. The number of carbonyl (C=O) groups excluding carboxylic acids is 1. The van der Waals surface area contributed by atoms with Crippen LogP contribution in [0.4, 0.5) is 0 Å². The van der Waals surface area contributed by atoms with Gasteiger partial charge in [0, 0.05) is 0 Å². The molecular weight excluding hydrogens is 284 g/mol. The van der Waals surface area contributed by atoms with Gasteiger partial charge >= 0.3 is 5.97 Å². The Morgan fingerprint density at radius 2 is 1.86 bits per heavy atom. The minimum atomic E-state index is -1.80. The highest BCUT2D eigenvalue weighted by Gasteiger charge is 2.18. The lowest BCUT2D eigenvalue weighted by Crippen LogP contribution is -2.26. The SMILES string of the molecule is CCOC(=O)/C=C(\COCc1ccccc1)O[Si](C)(C)C. The molecule has 0 atom stereocenters. The molecule has 0 aliphatic carbocycles. The van der Waals surface area contributed by atoms with Crippen LogP contribution in [-0.4, -0.2) is 27.5 Å². The van der Waals surface area contributed by atoms with E-state index in [1.807, 2.05) is 30.3 Å². The maximum absolute atomic E-state index is 11.6. The molecule has 0 N–H and O–H groups in total. The zero-order valence-electron chi connectivity index (χ0n) is 13.2. The molecule has 0 amide bonds. The highest BCUT2D eigenvalue weighted by Crippen LogP contribution is 2.12. The van der Waals surface area contributed by atoms with Crippen LogP contribution in [0.2, 0.25) is 19.6 Å². The number of benzene rings is 1. The first-order valence-corrected chi connectivity index (χ1v) is 10.5. The Morgan fingerprint density at radius 1 is 1.19 bits per heavy atom. The van der Waals surface area contributed by atoms with E-state index in [-0.39, 0.29) is 6.61 Å². The molecule has 0 spiro atoms. The van der Waals surface area contributed by atoms with Gasteiger partial charge < -0.3 is 13.9 Å². The number of carbonyl (C=O) groups is 1. The predicted octanol–water partition coefficient (Wildman–Crippen LogP) is 3.50. The van der Waals surface area contributed by atoms with Crippen molar-refractivity contribution in [1.29, 1.82) is 0 Å². The van der Waals surface area contributed by atoms with E-state index in [9.17, 15) is 4.79 Å². The summed E-state index contributed by atoms with van der Waals surface area (Å²) < 4.78 is 16.4. The second-order valence-electron chi connectivity index (χ2n) is 5.56. The van der Waals surface area contributed by atoms with Crippen molar-refractivity contribution >= 4 is 14.3 Å². The summed E-state index contributed by atoms with van der Waals surface area (Å²) in [5, 5.41) is 0. The Kier molecular flexibility index (Phi) is 7.18. The van der Waals surface area contributed by atoms with Crippen molar-refractivity contribution in [3.63, 3.8) is 0 Å². The molecule has 1 aromatic rings. The van der Waals surface area contributed by atoms with E-state index < -0.39 is 14.3 Å². The van der Waals surface area contributed by atoms with E-state index in [2.05, 4.69) is 19.6 Å². The smallest absolute Gasteiger partial charge is 0.334 e. The van der Waals surface area contributed by atoms with E-state index in [0.717, 1.165) is 5.56 Å².